The van der Waals surface area contributed by atoms with E-state index < -0.39 is 0 Å². The fourth-order valence-electron chi connectivity index (χ4n) is 2.76. The Morgan fingerprint density at radius 1 is 1.42 bits per heavy atom. The molecule has 0 bridgehead atoms. The van der Waals surface area contributed by atoms with Crippen LogP contribution in [0.25, 0.3) is 0 Å². The lowest BCUT2D eigenvalue weighted by Gasteiger charge is -2.32. The van der Waals surface area contributed by atoms with Crippen LogP contribution < -0.4 is 0 Å². The number of morpholine rings is 1. The highest BCUT2D eigenvalue weighted by molar-refractivity contribution is 5.94. The third-order valence-corrected chi connectivity index (χ3v) is 3.94. The molecule has 1 aliphatic heterocycles. The third kappa shape index (κ3) is 3.77. The summed E-state index contributed by atoms with van der Waals surface area (Å²) in [6.45, 7) is 3.90. The number of ether oxygens (including phenoxy) is 2. The summed E-state index contributed by atoms with van der Waals surface area (Å²) in [5, 5.41) is 0. The van der Waals surface area contributed by atoms with Gasteiger partial charge < -0.3 is 14.4 Å². The van der Waals surface area contributed by atoms with Crippen molar-refractivity contribution in [1.29, 1.82) is 0 Å². The second kappa shape index (κ2) is 7.51. The van der Waals surface area contributed by atoms with E-state index in [1.54, 1.807) is 18.2 Å². The summed E-state index contributed by atoms with van der Waals surface area (Å²) in [4.78, 5) is 23.3. The van der Waals surface area contributed by atoms with E-state index in [0.717, 1.165) is 11.3 Å². The van der Waals surface area contributed by atoms with Crippen LogP contribution in [0.2, 0.25) is 0 Å². The maximum absolute atomic E-state index is 12.8. The molecule has 0 saturated carbocycles. The van der Waals surface area contributed by atoms with E-state index in [4.69, 9.17) is 9.47 Å². The second-order valence-corrected chi connectivity index (χ2v) is 5.80. The van der Waals surface area contributed by atoms with Gasteiger partial charge in [0.15, 0.2) is 5.82 Å². The Kier molecular flexibility index (Phi) is 5.17. The van der Waals surface area contributed by atoms with Crippen LogP contribution in [-0.2, 0) is 16.1 Å². The summed E-state index contributed by atoms with van der Waals surface area (Å²) in [5.74, 6) is 0.620. The Morgan fingerprint density at radius 3 is 3.08 bits per heavy atom. The summed E-state index contributed by atoms with van der Waals surface area (Å²) in [6, 6.07) is 9.37. The average molecular weight is 327 g/mol. The molecule has 0 radical (unpaired) electrons. The normalized spacial score (nSPS) is 17.8. The Balaban J connectivity index is 1.74. The molecule has 1 atom stereocenters. The van der Waals surface area contributed by atoms with Gasteiger partial charge in [-0.2, -0.15) is 0 Å². The van der Waals surface area contributed by atoms with Crippen LogP contribution >= 0.6 is 0 Å². The Hall–Kier alpha value is -2.31. The van der Waals surface area contributed by atoms with Crippen LogP contribution in [0.5, 0.6) is 0 Å². The topological polar surface area (TPSA) is 64.5 Å². The van der Waals surface area contributed by atoms with Crippen molar-refractivity contribution in [3.8, 4) is 0 Å². The van der Waals surface area contributed by atoms with Crippen LogP contribution in [0.15, 0.2) is 36.5 Å². The molecule has 1 fully saturated rings. The summed E-state index contributed by atoms with van der Waals surface area (Å²) < 4.78 is 10.9. The van der Waals surface area contributed by atoms with Crippen molar-refractivity contribution >= 4 is 5.91 Å². The van der Waals surface area contributed by atoms with Crippen LogP contribution in [-0.4, -0.2) is 47.6 Å². The van der Waals surface area contributed by atoms with Crippen LogP contribution in [0.1, 0.15) is 33.5 Å². The zero-order valence-electron chi connectivity index (χ0n) is 13.9. The van der Waals surface area contributed by atoms with E-state index in [2.05, 4.69) is 9.97 Å². The minimum Gasteiger partial charge on any atom is -0.380 e. The van der Waals surface area contributed by atoms with Crippen molar-refractivity contribution in [1.82, 2.24) is 14.9 Å². The zero-order chi connectivity index (χ0) is 16.9. The van der Waals surface area contributed by atoms with E-state index >= 15 is 0 Å². The molecular formula is C18H21N3O3. The summed E-state index contributed by atoms with van der Waals surface area (Å²) >= 11 is 0. The van der Waals surface area contributed by atoms with Crippen LogP contribution in [0.3, 0.4) is 0 Å². The number of aromatic nitrogens is 2. The maximum atomic E-state index is 12.8. The average Bonchev–Trinajstić information content (AvgIpc) is 2.62. The molecule has 0 unspecified atom stereocenters. The molecule has 0 spiro atoms. The van der Waals surface area contributed by atoms with Crippen LogP contribution in [0, 0.1) is 6.92 Å². The molecule has 2 aromatic rings. The molecule has 0 N–H and O–H groups in total. The first-order chi connectivity index (χ1) is 11.7. The van der Waals surface area contributed by atoms with Gasteiger partial charge in [0.05, 0.1) is 19.8 Å². The molecule has 1 amide bonds. The Bertz CT molecular complexity index is 720. The lowest BCUT2D eigenvalue weighted by atomic mass is 10.1. The number of hydrogen-bond donors (Lipinski definition) is 0. The first-order valence-corrected chi connectivity index (χ1v) is 7.95. The largest absolute Gasteiger partial charge is 0.380 e. The van der Waals surface area contributed by atoms with Gasteiger partial charge in [0.25, 0.3) is 5.91 Å². The molecular weight excluding hydrogens is 306 g/mol. The standard InChI is InChI=1S/C18H21N3O3/c1-13-6-7-19-17(20-13)16-11-21(8-9-24-16)18(22)15-5-3-4-14(10-15)12-23-2/h3-7,10,16H,8-9,11-12H2,1-2H3/t16-/m1/s1. The van der Waals surface area contributed by atoms with Gasteiger partial charge >= 0.3 is 0 Å². The van der Waals surface area contributed by atoms with Gasteiger partial charge in [-0.3, -0.25) is 4.79 Å². The number of methoxy groups -OCH3 is 1. The van der Waals surface area contributed by atoms with E-state index in [9.17, 15) is 4.79 Å². The molecule has 0 aliphatic carbocycles. The van der Waals surface area contributed by atoms with Gasteiger partial charge in [-0.1, -0.05) is 12.1 Å². The number of nitrogens with zero attached hydrogens (tertiary/aromatic N) is 3. The summed E-state index contributed by atoms with van der Waals surface area (Å²) in [7, 11) is 1.64. The van der Waals surface area contributed by atoms with Crippen LogP contribution in [0.4, 0.5) is 0 Å². The molecule has 3 rings (SSSR count). The van der Waals surface area contributed by atoms with Gasteiger partial charge in [0, 0.05) is 31.1 Å². The molecule has 1 aromatic carbocycles. The lowest BCUT2D eigenvalue weighted by molar-refractivity contribution is -0.0268. The van der Waals surface area contributed by atoms with Gasteiger partial charge in [-0.25, -0.2) is 9.97 Å². The Labute approximate surface area is 141 Å². The smallest absolute Gasteiger partial charge is 0.254 e. The molecule has 6 nitrogen and oxygen atoms in total. The molecule has 24 heavy (non-hydrogen) atoms. The lowest BCUT2D eigenvalue weighted by Crippen LogP contribution is -2.42. The van der Waals surface area contributed by atoms with Crippen molar-refractivity contribution in [2.45, 2.75) is 19.6 Å². The number of amides is 1. The monoisotopic (exact) mass is 327 g/mol. The van der Waals surface area contributed by atoms with E-state index in [1.807, 2.05) is 37.3 Å². The van der Waals surface area contributed by atoms with Crippen molar-refractivity contribution in [3.63, 3.8) is 0 Å². The fourth-order valence-corrected chi connectivity index (χ4v) is 2.76. The fraction of sp³-hybridized carbons (Fsp3) is 0.389. The first kappa shape index (κ1) is 16.5. The highest BCUT2D eigenvalue weighted by atomic mass is 16.5. The Morgan fingerprint density at radius 2 is 2.29 bits per heavy atom. The van der Waals surface area contributed by atoms with Crippen molar-refractivity contribution < 1.29 is 14.3 Å². The maximum Gasteiger partial charge on any atom is 0.254 e. The summed E-state index contributed by atoms with van der Waals surface area (Å²) in [5.41, 5.74) is 2.53. The van der Waals surface area contributed by atoms with Gasteiger partial charge in [-0.05, 0) is 30.7 Å². The van der Waals surface area contributed by atoms with Crippen molar-refractivity contribution in [2.75, 3.05) is 26.8 Å². The SMILES string of the molecule is COCc1cccc(C(=O)N2CCO[C@@H](c3nccc(C)n3)C2)c1. The number of carbonyl (C=O) groups excluding carboxylic acids is 1. The quantitative estimate of drug-likeness (QED) is 0.861. The first-order valence-electron chi connectivity index (χ1n) is 7.95. The molecule has 1 saturated heterocycles. The van der Waals surface area contributed by atoms with E-state index in [-0.39, 0.29) is 12.0 Å². The minimum absolute atomic E-state index is 0.00564. The predicted octanol–water partition coefficient (Wildman–Crippen LogP) is 2.15. The number of rotatable bonds is 4. The van der Waals surface area contributed by atoms with E-state index in [1.165, 1.54) is 0 Å². The molecule has 6 heteroatoms. The van der Waals surface area contributed by atoms with E-state index in [0.29, 0.717) is 37.7 Å². The molecule has 126 valence electrons. The highest BCUT2D eigenvalue weighted by Gasteiger charge is 2.27. The third-order valence-electron chi connectivity index (χ3n) is 3.94. The number of benzene rings is 1. The number of aryl methyl sites for hydroxylation is 1. The van der Waals surface area contributed by atoms with Gasteiger partial charge in [-0.15, -0.1) is 0 Å². The van der Waals surface area contributed by atoms with Crippen molar-refractivity contribution in [2.24, 2.45) is 0 Å². The highest BCUT2D eigenvalue weighted by Crippen LogP contribution is 2.21. The molecule has 2 heterocycles. The predicted molar refractivity (Wildman–Crippen MR) is 88.5 cm³/mol. The molecule has 1 aromatic heterocycles. The molecule has 1 aliphatic rings. The number of carbonyl (C=O) groups is 1. The van der Waals surface area contributed by atoms with Crippen molar-refractivity contribution in [3.05, 3.63) is 59.2 Å². The summed E-state index contributed by atoms with van der Waals surface area (Å²) in [6.07, 6.45) is 1.43. The van der Waals surface area contributed by atoms with Gasteiger partial charge in [0.1, 0.15) is 6.10 Å². The minimum atomic E-state index is -0.287. The zero-order valence-corrected chi connectivity index (χ0v) is 13.9. The number of hydrogen-bond acceptors (Lipinski definition) is 5. The second-order valence-electron chi connectivity index (χ2n) is 5.80. The van der Waals surface area contributed by atoms with Gasteiger partial charge in [0.2, 0.25) is 0 Å².